The fourth-order valence-electron chi connectivity index (χ4n) is 11.2. The Bertz CT molecular complexity index is 3450. The summed E-state index contributed by atoms with van der Waals surface area (Å²) in [6.07, 6.45) is 1.84. The molecular formula is C80H140N14O38. The Morgan fingerprint density at radius 3 is 0.833 bits per heavy atom. The average molecular weight is 1910 g/mol. The van der Waals surface area contributed by atoms with Crippen molar-refractivity contribution in [2.45, 2.75) is 87.6 Å². The summed E-state index contributed by atoms with van der Waals surface area (Å²) in [6.45, 7) is 1.57. The summed E-state index contributed by atoms with van der Waals surface area (Å²) in [5.74, 6) is -17.5. The minimum atomic E-state index is -1.32. The second-order valence-electron chi connectivity index (χ2n) is 28.2. The van der Waals surface area contributed by atoms with Crippen molar-refractivity contribution in [1.82, 2.24) is 65.4 Å². The molecule has 18 N–H and O–H groups in total. The van der Waals surface area contributed by atoms with Crippen LogP contribution in [-0.4, -0.2) is 505 Å². The summed E-state index contributed by atoms with van der Waals surface area (Å²) in [5.41, 5.74) is 1.01. The monoisotopic (exact) mass is 1900 g/mol. The maximum atomic E-state index is 12.6. The van der Waals surface area contributed by atoms with Gasteiger partial charge in [0.25, 0.3) is 0 Å². The van der Waals surface area contributed by atoms with E-state index in [0.717, 1.165) is 14.7 Å². The third kappa shape index (κ3) is 80.8. The predicted molar refractivity (Wildman–Crippen MR) is 467 cm³/mol. The molecule has 132 heavy (non-hydrogen) atoms. The average Bonchev–Trinajstić information content (AvgIpc) is 0.850. The Labute approximate surface area is 765 Å². The number of anilines is 1. The fourth-order valence-corrected chi connectivity index (χ4v) is 11.2. The topological polar surface area (TPSA) is 732 Å². The predicted octanol–water partition coefficient (Wildman–Crippen LogP) is -4.62. The standard InChI is InChI=1S/C30H45N5O14.C24H42N4O12.C23H41N5O12.3CH4/c1-2-24(36)31-7-10-48-11-12-49-20-25(37)32-22-5-3-21(4-6-22)13-23(35(18-29(44)45)19-30(46)47)14-33(15-26(38)39)8-9-34(16-27(40)41)17-28(42)43;1-2-20(30)25-5-11-40-13-12-39-10-3-4-19(29)14-26(6-8-27(15-21(31)32)16-22(33)34)7-9-28(17-23(35)36)18-24(37)38;1-2-18(29)24-3-9-39-11-12-40-10-4-25-19(30)13-27(15-21(33)34)7-5-26(14-20(31)32)6-8-28(16-22(35)36)17-23(37)38;;;/h3-6,23H,2,7-20H2,1H3,(H,31,36)(H,32,37)(H,38,39)(H,40,41)(H,42,43)(H,44,45)(H,46,47);2-18H2,1H3,(H,25,30)(H,31,32)(H,33,34)(H,35,36)(H,37,38);2-17H2,1H3,(H,24,29)(H,25,30)(H,31,32)(H,33,34)(H,35,36)(H,37,38);3*1H4. The molecule has 0 aliphatic heterocycles. The molecule has 0 aliphatic rings. The molecule has 0 fully saturated rings. The Morgan fingerprint density at radius 1 is 0.280 bits per heavy atom. The number of nitrogens with one attached hydrogen (secondary N) is 5. The maximum Gasteiger partial charge on any atom is 0.317 e. The summed E-state index contributed by atoms with van der Waals surface area (Å²) in [4.78, 5) is 228. The highest BCUT2D eigenvalue weighted by atomic mass is 16.5. The molecule has 0 aromatic heterocycles. The number of rotatable bonds is 81. The van der Waals surface area contributed by atoms with Crippen molar-refractivity contribution in [3.63, 3.8) is 0 Å². The molecule has 0 saturated carbocycles. The Morgan fingerprint density at radius 2 is 0.530 bits per heavy atom. The van der Waals surface area contributed by atoms with Crippen LogP contribution in [0.1, 0.15) is 80.7 Å². The van der Waals surface area contributed by atoms with Gasteiger partial charge in [-0.05, 0) is 30.5 Å². The first kappa shape index (κ1) is 129. The van der Waals surface area contributed by atoms with Gasteiger partial charge in [0.1, 0.15) is 12.4 Å². The van der Waals surface area contributed by atoms with E-state index in [9.17, 15) is 117 Å². The van der Waals surface area contributed by atoms with Gasteiger partial charge in [-0.25, -0.2) is 0 Å². The molecule has 52 nitrogen and oxygen atoms in total. The van der Waals surface area contributed by atoms with Crippen LogP contribution < -0.4 is 26.6 Å². The SMILES string of the molecule is C.C.C.CCC(=O)NCCOCCOCC(=O)Nc1ccc(CC(CN(CCN(CC(=O)O)CC(=O)O)CC(=O)O)N(CC(=O)O)CC(=O)O)cc1.CCC(=O)NCCOCCOCCCC(=O)CN(CCN(CC(=O)O)CC(=O)O)CCN(CC(=O)O)CC(=O)O.CCC(=O)NCCOCCOCCNC(=O)CN(CCN(CCN(CC(=O)O)CC(=O)O)CC(=O)O)CC(=O)O. The lowest BCUT2D eigenvalue weighted by Gasteiger charge is -2.34. The van der Waals surface area contributed by atoms with Crippen LogP contribution in [-0.2, 0) is 126 Å². The van der Waals surface area contributed by atoms with E-state index in [1.807, 2.05) is 0 Å². The zero-order chi connectivity index (χ0) is 97.4. The number of hydrogen-bond acceptors (Lipinski definition) is 34. The molecule has 0 heterocycles. The molecule has 0 spiro atoms. The molecule has 0 saturated heterocycles. The van der Waals surface area contributed by atoms with Gasteiger partial charge in [-0.2, -0.15) is 0 Å². The first-order valence-corrected chi connectivity index (χ1v) is 40.8. The summed E-state index contributed by atoms with van der Waals surface area (Å²) in [7, 11) is 0. The molecule has 0 bridgehead atoms. The van der Waals surface area contributed by atoms with Gasteiger partial charge in [0, 0.05) is 142 Å². The van der Waals surface area contributed by atoms with E-state index in [4.69, 9.17) is 69.3 Å². The fraction of sp³-hybridized carbons (Fsp3) is 0.688. The van der Waals surface area contributed by atoms with Gasteiger partial charge in [0.2, 0.25) is 29.5 Å². The number of Topliss-reactive ketones (excluding diaryl/α,β-unsaturated/α-hetero) is 1. The van der Waals surface area contributed by atoms with Crippen LogP contribution in [0.5, 0.6) is 0 Å². The summed E-state index contributed by atoms with van der Waals surface area (Å²) < 4.78 is 32.0. The van der Waals surface area contributed by atoms with E-state index in [-0.39, 0.29) is 183 Å². The molecule has 0 radical (unpaired) electrons. The highest BCUT2D eigenvalue weighted by molar-refractivity contribution is 5.91. The van der Waals surface area contributed by atoms with Crippen molar-refractivity contribution in [2.24, 2.45) is 0 Å². The molecule has 758 valence electrons. The molecule has 52 heteroatoms. The Kier molecular flexibility index (Phi) is 78.9. The third-order valence-electron chi connectivity index (χ3n) is 17.1. The molecule has 0 aliphatic carbocycles. The first-order valence-electron chi connectivity index (χ1n) is 40.8. The van der Waals surface area contributed by atoms with E-state index < -0.39 is 181 Å². The van der Waals surface area contributed by atoms with Gasteiger partial charge in [0.15, 0.2) is 0 Å². The van der Waals surface area contributed by atoms with Gasteiger partial charge in [-0.3, -0.25) is 135 Å². The van der Waals surface area contributed by atoms with Crippen molar-refractivity contribution < 1.29 is 186 Å². The second-order valence-corrected chi connectivity index (χ2v) is 28.2. The number of ether oxygens (including phenoxy) is 6. The lowest BCUT2D eigenvalue weighted by molar-refractivity contribution is -0.145. The van der Waals surface area contributed by atoms with Gasteiger partial charge < -0.3 is 121 Å². The van der Waals surface area contributed by atoms with Crippen LogP contribution in [0, 0.1) is 0 Å². The Hall–Kier alpha value is -11.2. The van der Waals surface area contributed by atoms with Gasteiger partial charge in [0.05, 0.1) is 164 Å². The number of carboxylic acid groups (broad SMARTS) is 13. The second kappa shape index (κ2) is 80.6. The van der Waals surface area contributed by atoms with Crippen LogP contribution in [0.2, 0.25) is 0 Å². The number of aliphatic carboxylic acids is 13. The zero-order valence-corrected chi connectivity index (χ0v) is 72.9. The molecule has 1 atom stereocenters. The summed E-state index contributed by atoms with van der Waals surface area (Å²) >= 11 is 0. The number of carboxylic acids is 13. The van der Waals surface area contributed by atoms with Gasteiger partial charge >= 0.3 is 77.6 Å². The number of carbonyl (C=O) groups is 19. The first-order chi connectivity index (χ1) is 61.0. The quantitative estimate of drug-likeness (QED) is 0.0273. The minimum Gasteiger partial charge on any atom is -0.480 e. The van der Waals surface area contributed by atoms with Crippen LogP contribution in [0.25, 0.3) is 0 Å². The van der Waals surface area contributed by atoms with Crippen molar-refractivity contribution in [3.05, 3.63) is 29.8 Å². The molecule has 1 rings (SSSR count). The molecule has 5 amide bonds. The number of hydrogen-bond donors (Lipinski definition) is 18. The van der Waals surface area contributed by atoms with Crippen LogP contribution in [0.15, 0.2) is 24.3 Å². The van der Waals surface area contributed by atoms with Crippen molar-refractivity contribution in [2.75, 3.05) is 281 Å². The highest BCUT2D eigenvalue weighted by Crippen LogP contribution is 2.16. The number of carbonyl (C=O) groups excluding carboxylic acids is 6. The van der Waals surface area contributed by atoms with Crippen molar-refractivity contribution in [3.8, 4) is 0 Å². The summed E-state index contributed by atoms with van der Waals surface area (Å²) in [6, 6.07) is 5.52. The van der Waals surface area contributed by atoms with Crippen LogP contribution in [0.4, 0.5) is 5.69 Å². The van der Waals surface area contributed by atoms with E-state index in [2.05, 4.69) is 26.6 Å². The van der Waals surface area contributed by atoms with Crippen LogP contribution >= 0.6 is 0 Å². The third-order valence-corrected chi connectivity index (χ3v) is 17.1. The lowest BCUT2D eigenvalue weighted by atomic mass is 10.0. The zero-order valence-electron chi connectivity index (χ0n) is 72.9. The van der Waals surface area contributed by atoms with Crippen molar-refractivity contribution >= 4 is 119 Å². The number of nitrogens with zero attached hydrogens (tertiary/aromatic N) is 9. The number of benzene rings is 1. The lowest BCUT2D eigenvalue weighted by Crippen LogP contribution is -2.51. The van der Waals surface area contributed by atoms with E-state index >= 15 is 0 Å². The van der Waals surface area contributed by atoms with Gasteiger partial charge in [-0.1, -0.05) is 55.2 Å². The number of ketones is 1. The smallest absolute Gasteiger partial charge is 0.317 e. The normalized spacial score (nSPS) is 11.1. The van der Waals surface area contributed by atoms with Crippen molar-refractivity contribution in [1.29, 1.82) is 0 Å². The highest BCUT2D eigenvalue weighted by Gasteiger charge is 2.29. The maximum absolute atomic E-state index is 12.6. The summed E-state index contributed by atoms with van der Waals surface area (Å²) in [5, 5.41) is 132. The minimum absolute atomic E-state index is 0. The largest absolute Gasteiger partial charge is 0.480 e. The van der Waals surface area contributed by atoms with E-state index in [1.165, 1.54) is 24.5 Å². The van der Waals surface area contributed by atoms with Crippen LogP contribution in [0.3, 0.4) is 0 Å². The molecule has 1 aromatic rings. The molecule has 1 unspecified atom stereocenters. The van der Waals surface area contributed by atoms with Gasteiger partial charge in [-0.15, -0.1) is 0 Å². The van der Waals surface area contributed by atoms with E-state index in [1.54, 1.807) is 49.9 Å². The molecule has 1 aromatic carbocycles. The molecular weight excluding hydrogens is 1760 g/mol. The Balaban J connectivity index is -0.000000609. The van der Waals surface area contributed by atoms with E-state index in [0.29, 0.717) is 103 Å². The number of amides is 5.